The summed E-state index contributed by atoms with van der Waals surface area (Å²) in [6.45, 7) is 7.99. The first-order valence-corrected chi connectivity index (χ1v) is 8.77. The zero-order chi connectivity index (χ0) is 18.7. The van der Waals surface area contributed by atoms with Gasteiger partial charge in [0.1, 0.15) is 11.5 Å². The molecule has 0 aliphatic rings. The van der Waals surface area contributed by atoms with Gasteiger partial charge in [0.05, 0.1) is 5.56 Å². The lowest BCUT2D eigenvalue weighted by atomic mass is 10.1. The zero-order valence-corrected chi connectivity index (χ0v) is 15.6. The van der Waals surface area contributed by atoms with Gasteiger partial charge in [-0.05, 0) is 45.0 Å². The van der Waals surface area contributed by atoms with Crippen molar-refractivity contribution < 1.29 is 9.32 Å². The number of aromatic nitrogens is 2. The minimum Gasteiger partial charge on any atom is -0.372 e. The summed E-state index contributed by atoms with van der Waals surface area (Å²) in [7, 11) is 1.88. The third-order valence-electron chi connectivity index (χ3n) is 4.36. The molecule has 0 saturated carbocycles. The van der Waals surface area contributed by atoms with Gasteiger partial charge in [-0.1, -0.05) is 5.16 Å². The van der Waals surface area contributed by atoms with Gasteiger partial charge in [0, 0.05) is 55.5 Å². The highest BCUT2D eigenvalue weighted by atomic mass is 16.5. The molecule has 2 heterocycles. The minimum atomic E-state index is -0.170. The maximum atomic E-state index is 12.8. The van der Waals surface area contributed by atoms with Crippen LogP contribution in [0.25, 0.3) is 11.3 Å². The SMILES string of the molecule is CCN(CC)c1ccc(NC(=O)c2cn(C)cc2-c2cc(C)on2)cc1. The van der Waals surface area contributed by atoms with Crippen LogP contribution in [0, 0.1) is 6.92 Å². The predicted octanol–water partition coefficient (Wildman–Crippen LogP) is 4.09. The highest BCUT2D eigenvalue weighted by Crippen LogP contribution is 2.25. The second kappa shape index (κ2) is 7.47. The lowest BCUT2D eigenvalue weighted by molar-refractivity contribution is 0.102. The summed E-state index contributed by atoms with van der Waals surface area (Å²) in [5.74, 6) is 0.541. The molecule has 0 spiro atoms. The number of aryl methyl sites for hydroxylation is 2. The molecular weight excluding hydrogens is 328 g/mol. The molecule has 2 aromatic heterocycles. The van der Waals surface area contributed by atoms with Gasteiger partial charge >= 0.3 is 0 Å². The Kier molecular flexibility index (Phi) is 5.11. The molecule has 0 aliphatic heterocycles. The third-order valence-corrected chi connectivity index (χ3v) is 4.36. The minimum absolute atomic E-state index is 0.170. The van der Waals surface area contributed by atoms with Crippen molar-refractivity contribution in [1.29, 1.82) is 0 Å². The molecule has 0 bridgehead atoms. The van der Waals surface area contributed by atoms with Gasteiger partial charge in [-0.3, -0.25) is 4.79 Å². The fourth-order valence-electron chi connectivity index (χ4n) is 3.00. The molecule has 26 heavy (non-hydrogen) atoms. The monoisotopic (exact) mass is 352 g/mol. The molecule has 0 fully saturated rings. The fraction of sp³-hybridized carbons (Fsp3) is 0.300. The first-order chi connectivity index (χ1) is 12.5. The van der Waals surface area contributed by atoms with Gasteiger partial charge in [0.25, 0.3) is 5.91 Å². The van der Waals surface area contributed by atoms with E-state index >= 15 is 0 Å². The quantitative estimate of drug-likeness (QED) is 0.726. The summed E-state index contributed by atoms with van der Waals surface area (Å²) in [6.07, 6.45) is 3.66. The van der Waals surface area contributed by atoms with Gasteiger partial charge in [-0.15, -0.1) is 0 Å². The maximum Gasteiger partial charge on any atom is 0.257 e. The average Bonchev–Trinajstić information content (AvgIpc) is 3.23. The van der Waals surface area contributed by atoms with Crippen molar-refractivity contribution in [2.75, 3.05) is 23.3 Å². The normalized spacial score (nSPS) is 10.8. The number of amides is 1. The molecule has 1 N–H and O–H groups in total. The number of anilines is 2. The second-order valence-electron chi connectivity index (χ2n) is 6.25. The van der Waals surface area contributed by atoms with Crippen LogP contribution in [0.4, 0.5) is 11.4 Å². The zero-order valence-electron chi connectivity index (χ0n) is 15.6. The summed E-state index contributed by atoms with van der Waals surface area (Å²) < 4.78 is 6.99. The van der Waals surface area contributed by atoms with Crippen LogP contribution < -0.4 is 10.2 Å². The molecule has 3 rings (SSSR count). The molecule has 0 radical (unpaired) electrons. The van der Waals surface area contributed by atoms with E-state index in [4.69, 9.17) is 4.52 Å². The lowest BCUT2D eigenvalue weighted by Gasteiger charge is -2.21. The second-order valence-corrected chi connectivity index (χ2v) is 6.25. The van der Waals surface area contributed by atoms with E-state index in [0.717, 1.165) is 30.0 Å². The van der Waals surface area contributed by atoms with Crippen molar-refractivity contribution in [2.45, 2.75) is 20.8 Å². The van der Waals surface area contributed by atoms with Crippen molar-refractivity contribution in [1.82, 2.24) is 9.72 Å². The Morgan fingerprint density at radius 2 is 1.88 bits per heavy atom. The number of rotatable bonds is 6. The Morgan fingerprint density at radius 1 is 1.19 bits per heavy atom. The molecule has 0 atom stereocenters. The Hall–Kier alpha value is -3.02. The van der Waals surface area contributed by atoms with Crippen molar-refractivity contribution in [3.8, 4) is 11.3 Å². The highest BCUT2D eigenvalue weighted by molar-refractivity contribution is 6.08. The third kappa shape index (κ3) is 3.64. The number of carbonyl (C=O) groups is 1. The van der Waals surface area contributed by atoms with Gasteiger partial charge in [0.2, 0.25) is 0 Å². The smallest absolute Gasteiger partial charge is 0.257 e. The largest absolute Gasteiger partial charge is 0.372 e. The number of benzene rings is 1. The Bertz CT molecular complexity index is 889. The van der Waals surface area contributed by atoms with E-state index in [1.807, 2.05) is 55.1 Å². The standard InChI is InChI=1S/C20H24N4O2/c1-5-24(6-2)16-9-7-15(8-10-16)21-20(25)18-13-23(4)12-17(18)19-11-14(3)26-22-19/h7-13H,5-6H2,1-4H3,(H,21,25). The van der Waals surface area contributed by atoms with E-state index in [0.29, 0.717) is 17.0 Å². The Morgan fingerprint density at radius 3 is 2.46 bits per heavy atom. The summed E-state index contributed by atoms with van der Waals surface area (Å²) >= 11 is 0. The van der Waals surface area contributed by atoms with Crippen LogP contribution in [0.5, 0.6) is 0 Å². The highest BCUT2D eigenvalue weighted by Gasteiger charge is 2.18. The Labute approximate surface area is 153 Å². The summed E-state index contributed by atoms with van der Waals surface area (Å²) in [5.41, 5.74) is 3.88. The van der Waals surface area contributed by atoms with Crippen LogP contribution in [0.3, 0.4) is 0 Å². The average molecular weight is 352 g/mol. The van der Waals surface area contributed by atoms with E-state index < -0.39 is 0 Å². The molecule has 0 aliphatic carbocycles. The van der Waals surface area contributed by atoms with Crippen molar-refractivity contribution >= 4 is 17.3 Å². The number of nitrogens with one attached hydrogen (secondary N) is 1. The molecular formula is C20H24N4O2. The summed E-state index contributed by atoms with van der Waals surface area (Å²) in [4.78, 5) is 15.0. The molecule has 3 aromatic rings. The van der Waals surface area contributed by atoms with Gasteiger partial charge in [-0.25, -0.2) is 0 Å². The molecule has 1 amide bonds. The van der Waals surface area contributed by atoms with Crippen molar-refractivity contribution in [2.24, 2.45) is 7.05 Å². The Balaban J connectivity index is 1.81. The summed E-state index contributed by atoms with van der Waals surface area (Å²) in [6, 6.07) is 9.72. The molecule has 0 saturated heterocycles. The number of nitrogens with zero attached hydrogens (tertiary/aromatic N) is 3. The number of carbonyl (C=O) groups excluding carboxylic acids is 1. The van der Waals surface area contributed by atoms with E-state index in [-0.39, 0.29) is 5.91 Å². The molecule has 6 heteroatoms. The van der Waals surface area contributed by atoms with Gasteiger partial charge in [-0.2, -0.15) is 0 Å². The van der Waals surface area contributed by atoms with Crippen LogP contribution in [0.2, 0.25) is 0 Å². The molecule has 136 valence electrons. The van der Waals surface area contributed by atoms with Crippen LogP contribution in [-0.4, -0.2) is 28.7 Å². The predicted molar refractivity (Wildman–Crippen MR) is 104 cm³/mol. The van der Waals surface area contributed by atoms with Crippen LogP contribution in [0.15, 0.2) is 47.2 Å². The van der Waals surface area contributed by atoms with E-state index in [2.05, 4.69) is 29.2 Å². The van der Waals surface area contributed by atoms with Gasteiger partial charge < -0.3 is 19.3 Å². The fourth-order valence-corrected chi connectivity index (χ4v) is 3.00. The topological polar surface area (TPSA) is 63.3 Å². The first-order valence-electron chi connectivity index (χ1n) is 8.77. The van der Waals surface area contributed by atoms with Crippen LogP contribution in [0.1, 0.15) is 30.0 Å². The summed E-state index contributed by atoms with van der Waals surface area (Å²) in [5, 5.41) is 6.99. The van der Waals surface area contributed by atoms with Gasteiger partial charge in [0.15, 0.2) is 0 Å². The first kappa shape index (κ1) is 17.8. The van der Waals surface area contributed by atoms with Crippen LogP contribution in [-0.2, 0) is 7.05 Å². The van der Waals surface area contributed by atoms with Crippen molar-refractivity contribution in [3.63, 3.8) is 0 Å². The van der Waals surface area contributed by atoms with Crippen molar-refractivity contribution in [3.05, 3.63) is 54.0 Å². The van der Waals surface area contributed by atoms with E-state index in [1.165, 1.54) is 0 Å². The lowest BCUT2D eigenvalue weighted by Crippen LogP contribution is -2.21. The number of hydrogen-bond donors (Lipinski definition) is 1. The van der Waals surface area contributed by atoms with E-state index in [9.17, 15) is 4.79 Å². The van der Waals surface area contributed by atoms with Crippen LogP contribution >= 0.6 is 0 Å². The molecule has 0 unspecified atom stereocenters. The number of hydrogen-bond acceptors (Lipinski definition) is 4. The molecule has 6 nitrogen and oxygen atoms in total. The van der Waals surface area contributed by atoms with E-state index in [1.54, 1.807) is 6.20 Å². The maximum absolute atomic E-state index is 12.8. The molecule has 1 aromatic carbocycles.